The van der Waals surface area contributed by atoms with E-state index in [4.69, 9.17) is 9.47 Å². The first-order valence-electron chi connectivity index (χ1n) is 10.4. The van der Waals surface area contributed by atoms with Gasteiger partial charge in [-0.3, -0.25) is 4.79 Å². The number of ether oxygens (including phenoxy) is 2. The molecule has 1 aliphatic carbocycles. The lowest BCUT2D eigenvalue weighted by molar-refractivity contribution is -0.200. The van der Waals surface area contributed by atoms with Crippen LogP contribution in [-0.2, 0) is 20.7 Å². The van der Waals surface area contributed by atoms with Crippen LogP contribution in [-0.4, -0.2) is 73.3 Å². The summed E-state index contributed by atoms with van der Waals surface area (Å²) < 4.78 is 11.7. The fraction of sp³-hybridized carbons (Fsp3) is 0.682. The summed E-state index contributed by atoms with van der Waals surface area (Å²) in [6, 6.07) is 10.7. The molecule has 2 saturated heterocycles. The van der Waals surface area contributed by atoms with Crippen LogP contribution in [0.5, 0.6) is 0 Å². The van der Waals surface area contributed by atoms with Gasteiger partial charge >= 0.3 is 0 Å². The largest absolute Gasteiger partial charge is 0.385 e. The summed E-state index contributed by atoms with van der Waals surface area (Å²) in [5, 5.41) is 0. The second-order valence-corrected chi connectivity index (χ2v) is 8.43. The van der Waals surface area contributed by atoms with E-state index >= 15 is 0 Å². The highest BCUT2D eigenvalue weighted by molar-refractivity contribution is 5.89. The predicted octanol–water partition coefficient (Wildman–Crippen LogP) is 2.49. The lowest BCUT2D eigenvalue weighted by Gasteiger charge is -2.50. The molecular weight excluding hydrogens is 340 g/mol. The summed E-state index contributed by atoms with van der Waals surface area (Å²) in [5.74, 6) is 0.218. The Morgan fingerprint density at radius 1 is 1.07 bits per heavy atom. The second-order valence-electron chi connectivity index (χ2n) is 8.43. The highest BCUT2D eigenvalue weighted by atomic mass is 16.5. The average molecular weight is 373 g/mol. The number of rotatable bonds is 7. The van der Waals surface area contributed by atoms with Gasteiger partial charge in [-0.1, -0.05) is 30.3 Å². The Hall–Kier alpha value is -1.43. The van der Waals surface area contributed by atoms with Crippen molar-refractivity contribution in [3.63, 3.8) is 0 Å². The molecule has 0 atom stereocenters. The molecule has 2 aliphatic heterocycles. The summed E-state index contributed by atoms with van der Waals surface area (Å²) in [4.78, 5) is 17.4. The van der Waals surface area contributed by atoms with Crippen molar-refractivity contribution in [3.05, 3.63) is 35.9 Å². The summed E-state index contributed by atoms with van der Waals surface area (Å²) in [6.45, 7) is 5.47. The first kappa shape index (κ1) is 18.9. The van der Waals surface area contributed by atoms with Crippen LogP contribution in [0.1, 0.15) is 37.7 Å². The quantitative estimate of drug-likeness (QED) is 0.690. The van der Waals surface area contributed by atoms with Gasteiger partial charge in [0.15, 0.2) is 0 Å². The molecule has 0 N–H and O–H groups in total. The zero-order chi connectivity index (χ0) is 18.7. The van der Waals surface area contributed by atoms with Crippen LogP contribution in [0.3, 0.4) is 0 Å². The molecule has 4 rings (SSSR count). The molecule has 1 aromatic rings. The number of amides is 1. The number of nitrogens with zero attached hydrogens (tertiary/aromatic N) is 2. The maximum absolute atomic E-state index is 12.8. The van der Waals surface area contributed by atoms with Crippen molar-refractivity contribution in [2.75, 3.05) is 46.4 Å². The Bertz CT molecular complexity index is 636. The van der Waals surface area contributed by atoms with E-state index in [2.05, 4.69) is 40.1 Å². The van der Waals surface area contributed by atoms with E-state index in [1.54, 1.807) is 7.11 Å². The maximum Gasteiger partial charge on any atom is 0.254 e. The van der Waals surface area contributed by atoms with E-state index in [0.29, 0.717) is 6.61 Å². The number of hydrogen-bond acceptors (Lipinski definition) is 4. The fourth-order valence-electron chi connectivity index (χ4n) is 4.58. The third kappa shape index (κ3) is 4.20. The SMILES string of the molecule is COCCCN1CC2(CCN(CCc3ccccc3)CC2)OC2(CC2)C1=O. The summed E-state index contributed by atoms with van der Waals surface area (Å²) >= 11 is 0. The number of hydrogen-bond donors (Lipinski definition) is 0. The standard InChI is InChI=1S/C22H32N2O3/c1-26-17-5-13-24-18-21(27-22(9-10-22)20(24)25)11-15-23(16-12-21)14-8-19-6-3-2-4-7-19/h2-4,6-7H,5,8-18H2,1H3. The van der Waals surface area contributed by atoms with Crippen LogP contribution in [0.4, 0.5) is 0 Å². The molecule has 1 saturated carbocycles. The number of methoxy groups -OCH3 is 1. The molecule has 0 unspecified atom stereocenters. The molecule has 3 fully saturated rings. The van der Waals surface area contributed by atoms with Gasteiger partial charge in [-0.05, 0) is 44.1 Å². The van der Waals surface area contributed by atoms with Crippen molar-refractivity contribution in [2.24, 2.45) is 0 Å². The Morgan fingerprint density at radius 3 is 2.48 bits per heavy atom. The van der Waals surface area contributed by atoms with Gasteiger partial charge in [0.2, 0.25) is 0 Å². The smallest absolute Gasteiger partial charge is 0.254 e. The van der Waals surface area contributed by atoms with Crippen molar-refractivity contribution in [2.45, 2.75) is 49.7 Å². The van der Waals surface area contributed by atoms with Crippen LogP contribution in [0, 0.1) is 0 Å². The second kappa shape index (κ2) is 7.90. The van der Waals surface area contributed by atoms with E-state index in [0.717, 1.165) is 71.2 Å². The highest BCUT2D eigenvalue weighted by Crippen LogP contribution is 2.49. The van der Waals surface area contributed by atoms with Gasteiger partial charge < -0.3 is 19.3 Å². The molecule has 148 valence electrons. The monoisotopic (exact) mass is 372 g/mol. The first-order chi connectivity index (χ1) is 13.1. The minimum absolute atomic E-state index is 0.138. The van der Waals surface area contributed by atoms with E-state index < -0.39 is 5.60 Å². The first-order valence-corrected chi connectivity index (χ1v) is 10.4. The van der Waals surface area contributed by atoms with Crippen LogP contribution in [0.2, 0.25) is 0 Å². The minimum Gasteiger partial charge on any atom is -0.385 e. The maximum atomic E-state index is 12.8. The Labute approximate surface area is 162 Å². The van der Waals surface area contributed by atoms with Gasteiger partial charge in [-0.2, -0.15) is 0 Å². The lowest BCUT2D eigenvalue weighted by Crippen LogP contribution is -2.63. The number of likely N-dealkylation sites (tertiary alicyclic amines) is 1. The highest BCUT2D eigenvalue weighted by Gasteiger charge is 2.61. The van der Waals surface area contributed by atoms with E-state index in [-0.39, 0.29) is 11.5 Å². The minimum atomic E-state index is -0.489. The van der Waals surface area contributed by atoms with E-state index in [9.17, 15) is 4.79 Å². The Kier molecular flexibility index (Phi) is 5.53. The summed E-state index contributed by atoms with van der Waals surface area (Å²) in [6.07, 6.45) is 5.84. The molecule has 0 bridgehead atoms. The van der Waals surface area contributed by atoms with Crippen molar-refractivity contribution in [3.8, 4) is 0 Å². The Morgan fingerprint density at radius 2 is 1.81 bits per heavy atom. The van der Waals surface area contributed by atoms with Gasteiger partial charge in [0.05, 0.1) is 5.60 Å². The number of carbonyl (C=O) groups excluding carboxylic acids is 1. The topological polar surface area (TPSA) is 42.0 Å². The van der Waals surface area contributed by atoms with Crippen molar-refractivity contribution in [1.82, 2.24) is 9.80 Å². The molecule has 27 heavy (non-hydrogen) atoms. The van der Waals surface area contributed by atoms with Crippen molar-refractivity contribution in [1.29, 1.82) is 0 Å². The van der Waals surface area contributed by atoms with Gasteiger partial charge in [0.25, 0.3) is 5.91 Å². The van der Waals surface area contributed by atoms with Gasteiger partial charge in [-0.25, -0.2) is 0 Å². The van der Waals surface area contributed by atoms with Gasteiger partial charge in [-0.15, -0.1) is 0 Å². The number of morpholine rings is 1. The van der Waals surface area contributed by atoms with Gasteiger partial charge in [0, 0.05) is 46.4 Å². The van der Waals surface area contributed by atoms with Crippen LogP contribution in [0.15, 0.2) is 30.3 Å². The van der Waals surface area contributed by atoms with E-state index in [1.165, 1.54) is 5.56 Å². The zero-order valence-electron chi connectivity index (χ0n) is 16.5. The molecule has 1 amide bonds. The number of piperidine rings is 1. The Balaban J connectivity index is 1.33. The third-order valence-corrected chi connectivity index (χ3v) is 6.38. The van der Waals surface area contributed by atoms with Crippen LogP contribution >= 0.6 is 0 Å². The molecule has 2 heterocycles. The summed E-state index contributed by atoms with van der Waals surface area (Å²) in [5.41, 5.74) is 0.775. The lowest BCUT2D eigenvalue weighted by atomic mass is 9.87. The molecule has 0 radical (unpaired) electrons. The van der Waals surface area contributed by atoms with Crippen molar-refractivity contribution >= 4 is 5.91 Å². The predicted molar refractivity (Wildman–Crippen MR) is 105 cm³/mol. The number of carbonyl (C=O) groups is 1. The molecule has 2 spiro atoms. The zero-order valence-corrected chi connectivity index (χ0v) is 16.5. The molecule has 1 aromatic carbocycles. The van der Waals surface area contributed by atoms with Crippen LogP contribution < -0.4 is 0 Å². The average Bonchev–Trinajstić information content (AvgIpc) is 3.46. The molecular formula is C22H32N2O3. The van der Waals surface area contributed by atoms with Crippen molar-refractivity contribution < 1.29 is 14.3 Å². The summed E-state index contributed by atoms with van der Waals surface area (Å²) in [7, 11) is 1.72. The molecule has 5 heteroatoms. The molecule has 3 aliphatic rings. The molecule has 0 aromatic heterocycles. The van der Waals surface area contributed by atoms with Crippen LogP contribution in [0.25, 0.3) is 0 Å². The van der Waals surface area contributed by atoms with E-state index in [1.807, 2.05) is 0 Å². The number of benzene rings is 1. The van der Waals surface area contributed by atoms with Gasteiger partial charge in [0.1, 0.15) is 5.60 Å². The third-order valence-electron chi connectivity index (χ3n) is 6.38. The fourth-order valence-corrected chi connectivity index (χ4v) is 4.58. The normalized spacial score (nSPS) is 23.9. The molecule has 5 nitrogen and oxygen atoms in total.